The van der Waals surface area contributed by atoms with Crippen LogP contribution >= 0.6 is 0 Å². The highest BCUT2D eigenvalue weighted by Crippen LogP contribution is 2.16. The number of nitrogens with zero attached hydrogens (tertiary/aromatic N) is 1. The fraction of sp³-hybridized carbons (Fsp3) is 0.333. The van der Waals surface area contributed by atoms with Gasteiger partial charge in [-0.3, -0.25) is 9.69 Å². The van der Waals surface area contributed by atoms with Crippen molar-refractivity contribution in [2.45, 2.75) is 25.8 Å². The van der Waals surface area contributed by atoms with Crippen molar-refractivity contribution in [1.29, 1.82) is 0 Å². The van der Waals surface area contributed by atoms with Crippen molar-refractivity contribution in [3.8, 4) is 0 Å². The molecule has 3 amide bonds. The number of urea groups is 1. The number of aromatic nitrogens is 1. The van der Waals surface area contributed by atoms with Crippen LogP contribution < -0.4 is 5.32 Å². The number of hydrogen-bond donors (Lipinski definition) is 2. The smallest absolute Gasteiger partial charge is 0.324 e. The first kappa shape index (κ1) is 12.7. The van der Waals surface area contributed by atoms with Gasteiger partial charge < -0.3 is 10.3 Å². The van der Waals surface area contributed by atoms with Gasteiger partial charge in [-0.25, -0.2) is 4.79 Å². The summed E-state index contributed by atoms with van der Waals surface area (Å²) in [6, 6.07) is 9.44. The highest BCUT2D eigenvalue weighted by atomic mass is 16.2. The molecule has 1 aliphatic rings. The number of hydrogen-bond acceptors (Lipinski definition) is 2. The van der Waals surface area contributed by atoms with Gasteiger partial charge in [-0.1, -0.05) is 25.1 Å². The molecule has 104 valence electrons. The van der Waals surface area contributed by atoms with Crippen LogP contribution in [0.15, 0.2) is 30.3 Å². The topological polar surface area (TPSA) is 65.2 Å². The number of nitrogens with one attached hydrogen (secondary N) is 2. The lowest BCUT2D eigenvalue weighted by Crippen LogP contribution is -2.33. The van der Waals surface area contributed by atoms with Crippen LogP contribution in [-0.4, -0.2) is 34.4 Å². The van der Waals surface area contributed by atoms with Gasteiger partial charge in [-0.15, -0.1) is 0 Å². The summed E-state index contributed by atoms with van der Waals surface area (Å²) in [4.78, 5) is 28.3. The van der Waals surface area contributed by atoms with Gasteiger partial charge in [0.2, 0.25) is 0 Å². The Kier molecular flexibility index (Phi) is 3.18. The van der Waals surface area contributed by atoms with Crippen molar-refractivity contribution in [1.82, 2.24) is 15.2 Å². The van der Waals surface area contributed by atoms with Crippen LogP contribution in [0, 0.1) is 0 Å². The fourth-order valence-corrected chi connectivity index (χ4v) is 2.57. The first-order chi connectivity index (χ1) is 9.69. The zero-order valence-corrected chi connectivity index (χ0v) is 11.3. The second kappa shape index (κ2) is 5.00. The lowest BCUT2D eigenvalue weighted by Gasteiger charge is -2.11. The summed E-state index contributed by atoms with van der Waals surface area (Å²) in [5, 5.41) is 3.84. The normalized spacial score (nSPS) is 18.9. The standard InChI is InChI=1S/C15H17N3O2/c1-2-12-14(19)18(15(20)17-12)8-7-11-9-10-5-3-4-6-13(10)16-11/h3-6,9,12,16H,2,7-8H2,1H3,(H,17,20)/t12-/m0/s1. The maximum atomic E-state index is 12.0. The van der Waals surface area contributed by atoms with E-state index >= 15 is 0 Å². The molecule has 0 spiro atoms. The zero-order valence-electron chi connectivity index (χ0n) is 11.3. The van der Waals surface area contributed by atoms with Crippen molar-refractivity contribution < 1.29 is 9.59 Å². The minimum Gasteiger partial charge on any atom is -0.358 e. The lowest BCUT2D eigenvalue weighted by atomic mass is 10.2. The SMILES string of the molecule is CC[C@@H]1NC(=O)N(CCc2cc3ccccc3[nH]2)C1=O. The summed E-state index contributed by atoms with van der Waals surface area (Å²) in [6.07, 6.45) is 1.28. The molecule has 3 rings (SSSR count). The molecule has 5 heteroatoms. The maximum Gasteiger partial charge on any atom is 0.324 e. The molecule has 1 saturated heterocycles. The summed E-state index contributed by atoms with van der Waals surface area (Å²) < 4.78 is 0. The van der Waals surface area contributed by atoms with Crippen LogP contribution in [0.25, 0.3) is 10.9 Å². The highest BCUT2D eigenvalue weighted by molar-refractivity contribution is 6.04. The number of fused-ring (bicyclic) bond motifs is 1. The molecular formula is C15H17N3O2. The number of para-hydroxylation sites is 1. The number of imide groups is 1. The Morgan fingerprint density at radius 2 is 2.05 bits per heavy atom. The maximum absolute atomic E-state index is 12.0. The van der Waals surface area contributed by atoms with Crippen molar-refractivity contribution in [2.75, 3.05) is 6.54 Å². The third-order valence-electron chi connectivity index (χ3n) is 3.71. The number of amides is 3. The van der Waals surface area contributed by atoms with Gasteiger partial charge in [0, 0.05) is 24.2 Å². The lowest BCUT2D eigenvalue weighted by molar-refractivity contribution is -0.127. The molecule has 1 aliphatic heterocycles. The van der Waals surface area contributed by atoms with E-state index in [9.17, 15) is 9.59 Å². The summed E-state index contributed by atoms with van der Waals surface area (Å²) in [7, 11) is 0. The molecule has 1 atom stereocenters. The minimum atomic E-state index is -0.356. The predicted molar refractivity (Wildman–Crippen MR) is 76.3 cm³/mol. The molecule has 1 aromatic heterocycles. The Morgan fingerprint density at radius 3 is 2.75 bits per heavy atom. The van der Waals surface area contributed by atoms with E-state index in [-0.39, 0.29) is 18.0 Å². The van der Waals surface area contributed by atoms with E-state index in [0.717, 1.165) is 16.6 Å². The van der Waals surface area contributed by atoms with E-state index in [1.54, 1.807) is 0 Å². The first-order valence-electron chi connectivity index (χ1n) is 6.87. The van der Waals surface area contributed by atoms with Crippen LogP contribution in [-0.2, 0) is 11.2 Å². The average molecular weight is 271 g/mol. The summed E-state index contributed by atoms with van der Waals surface area (Å²) in [5.41, 5.74) is 2.11. The van der Waals surface area contributed by atoms with Crippen molar-refractivity contribution >= 4 is 22.8 Å². The molecule has 2 N–H and O–H groups in total. The van der Waals surface area contributed by atoms with E-state index in [0.29, 0.717) is 19.4 Å². The van der Waals surface area contributed by atoms with Crippen molar-refractivity contribution in [3.63, 3.8) is 0 Å². The van der Waals surface area contributed by atoms with Gasteiger partial charge in [-0.05, 0) is 23.9 Å². The van der Waals surface area contributed by atoms with Crippen LogP contribution in [0.5, 0.6) is 0 Å². The number of rotatable bonds is 4. The van der Waals surface area contributed by atoms with Crippen LogP contribution in [0.2, 0.25) is 0 Å². The molecule has 2 aromatic rings. The largest absolute Gasteiger partial charge is 0.358 e. The summed E-state index contributed by atoms with van der Waals surface area (Å²) in [5.74, 6) is -0.117. The number of benzene rings is 1. The van der Waals surface area contributed by atoms with E-state index < -0.39 is 0 Å². The van der Waals surface area contributed by atoms with Gasteiger partial charge in [0.25, 0.3) is 5.91 Å². The quantitative estimate of drug-likeness (QED) is 0.836. The molecule has 0 radical (unpaired) electrons. The molecule has 0 saturated carbocycles. The van der Waals surface area contributed by atoms with Crippen LogP contribution in [0.1, 0.15) is 19.0 Å². The summed E-state index contributed by atoms with van der Waals surface area (Å²) in [6.45, 7) is 2.30. The monoisotopic (exact) mass is 271 g/mol. The van der Waals surface area contributed by atoms with E-state index in [4.69, 9.17) is 0 Å². The zero-order chi connectivity index (χ0) is 14.1. The van der Waals surface area contributed by atoms with E-state index in [1.165, 1.54) is 4.90 Å². The minimum absolute atomic E-state index is 0.117. The number of H-pyrrole nitrogens is 1. The van der Waals surface area contributed by atoms with Crippen LogP contribution in [0.4, 0.5) is 4.79 Å². The molecule has 2 heterocycles. The highest BCUT2D eigenvalue weighted by Gasteiger charge is 2.36. The second-order valence-electron chi connectivity index (χ2n) is 5.03. The Labute approximate surface area is 117 Å². The van der Waals surface area contributed by atoms with Gasteiger partial charge >= 0.3 is 6.03 Å². The Bertz CT molecular complexity index is 629. The van der Waals surface area contributed by atoms with E-state index in [2.05, 4.69) is 16.4 Å². The molecule has 0 aliphatic carbocycles. The molecule has 0 bridgehead atoms. The molecule has 5 nitrogen and oxygen atoms in total. The Hall–Kier alpha value is -2.30. The van der Waals surface area contributed by atoms with Gasteiger partial charge in [0.1, 0.15) is 6.04 Å². The third kappa shape index (κ3) is 2.15. The average Bonchev–Trinajstić information content (AvgIpc) is 2.98. The number of carbonyl (C=O) groups excluding carboxylic acids is 2. The molecule has 20 heavy (non-hydrogen) atoms. The molecule has 1 aromatic carbocycles. The first-order valence-corrected chi connectivity index (χ1v) is 6.87. The van der Waals surface area contributed by atoms with Gasteiger partial charge in [0.15, 0.2) is 0 Å². The number of carbonyl (C=O) groups is 2. The molecule has 0 unspecified atom stereocenters. The van der Waals surface area contributed by atoms with Crippen molar-refractivity contribution in [3.05, 3.63) is 36.0 Å². The molecule has 1 fully saturated rings. The third-order valence-corrected chi connectivity index (χ3v) is 3.71. The van der Waals surface area contributed by atoms with E-state index in [1.807, 2.05) is 31.2 Å². The predicted octanol–water partition coefficient (Wildman–Crippen LogP) is 2.04. The summed E-state index contributed by atoms with van der Waals surface area (Å²) >= 11 is 0. The second-order valence-corrected chi connectivity index (χ2v) is 5.03. The van der Waals surface area contributed by atoms with Gasteiger partial charge in [0.05, 0.1) is 0 Å². The van der Waals surface area contributed by atoms with Crippen LogP contribution in [0.3, 0.4) is 0 Å². The Balaban J connectivity index is 1.70. The number of aromatic amines is 1. The van der Waals surface area contributed by atoms with Crippen molar-refractivity contribution in [2.24, 2.45) is 0 Å². The van der Waals surface area contributed by atoms with Gasteiger partial charge in [-0.2, -0.15) is 0 Å². The molecular weight excluding hydrogens is 254 g/mol. The fourth-order valence-electron chi connectivity index (χ4n) is 2.57. The Morgan fingerprint density at radius 1 is 1.25 bits per heavy atom.